The van der Waals surface area contributed by atoms with Crippen molar-refractivity contribution in [2.45, 2.75) is 32.7 Å². The fourth-order valence-corrected chi connectivity index (χ4v) is 1.20. The van der Waals surface area contributed by atoms with E-state index >= 15 is 0 Å². The Bertz CT molecular complexity index is 242. The van der Waals surface area contributed by atoms with Crippen molar-refractivity contribution < 1.29 is 0 Å². The molecule has 74 valence electrons. The molecule has 1 atom stereocenters. The molecule has 0 aliphatic heterocycles. The number of nitrogens with one attached hydrogen (secondary N) is 1. The molecule has 0 spiro atoms. The summed E-state index contributed by atoms with van der Waals surface area (Å²) >= 11 is 0. The highest BCUT2D eigenvalue weighted by Crippen LogP contribution is 2.08. The Kier molecular flexibility index (Phi) is 3.96. The molecule has 0 saturated carbocycles. The second-order valence-electron chi connectivity index (χ2n) is 3.40. The van der Waals surface area contributed by atoms with Gasteiger partial charge in [0.25, 0.3) is 0 Å². The number of hydrogen-bond acceptors (Lipinski definition) is 2. The Morgan fingerprint density at radius 2 is 2.38 bits per heavy atom. The van der Waals surface area contributed by atoms with Gasteiger partial charge >= 0.3 is 0 Å². The summed E-state index contributed by atoms with van der Waals surface area (Å²) < 4.78 is 2.05. The average molecular weight is 181 g/mol. The van der Waals surface area contributed by atoms with Crippen LogP contribution in [-0.4, -0.2) is 23.4 Å². The van der Waals surface area contributed by atoms with Gasteiger partial charge in [0.1, 0.15) is 0 Å². The van der Waals surface area contributed by atoms with E-state index in [4.69, 9.17) is 0 Å². The molecule has 0 amide bonds. The Hall–Kier alpha value is -0.830. The van der Waals surface area contributed by atoms with E-state index in [0.29, 0.717) is 6.04 Å². The summed E-state index contributed by atoms with van der Waals surface area (Å²) in [7, 11) is 1.96. The lowest BCUT2D eigenvalue weighted by Gasteiger charge is -2.07. The Balaban J connectivity index is 2.53. The van der Waals surface area contributed by atoms with Crippen LogP contribution in [0, 0.1) is 0 Å². The topological polar surface area (TPSA) is 29.9 Å². The Labute approximate surface area is 80.1 Å². The summed E-state index contributed by atoms with van der Waals surface area (Å²) in [6.45, 7) is 5.37. The van der Waals surface area contributed by atoms with Gasteiger partial charge in [0.05, 0.1) is 5.69 Å². The van der Waals surface area contributed by atoms with Crippen molar-refractivity contribution in [3.05, 3.63) is 18.0 Å². The van der Waals surface area contributed by atoms with Crippen molar-refractivity contribution in [1.29, 1.82) is 0 Å². The van der Waals surface area contributed by atoms with Crippen molar-refractivity contribution in [2.75, 3.05) is 13.6 Å². The fourth-order valence-electron chi connectivity index (χ4n) is 1.20. The van der Waals surface area contributed by atoms with Crippen LogP contribution in [0.3, 0.4) is 0 Å². The minimum absolute atomic E-state index is 0.517. The maximum Gasteiger partial charge on any atom is 0.0637 e. The van der Waals surface area contributed by atoms with Crippen molar-refractivity contribution in [3.8, 4) is 0 Å². The summed E-state index contributed by atoms with van der Waals surface area (Å²) in [6.07, 6.45) is 4.21. The number of hydrogen-bond donors (Lipinski definition) is 1. The van der Waals surface area contributed by atoms with Gasteiger partial charge in [0, 0.05) is 25.2 Å². The molecule has 3 nitrogen and oxygen atoms in total. The summed E-state index contributed by atoms with van der Waals surface area (Å²) in [6, 6.07) is 2.62. The van der Waals surface area contributed by atoms with Gasteiger partial charge in [0.15, 0.2) is 0 Å². The maximum absolute atomic E-state index is 4.50. The minimum Gasteiger partial charge on any atom is -0.319 e. The molecule has 3 heteroatoms. The average Bonchev–Trinajstić information content (AvgIpc) is 2.62. The van der Waals surface area contributed by atoms with Crippen molar-refractivity contribution in [3.63, 3.8) is 0 Å². The lowest BCUT2D eigenvalue weighted by molar-refractivity contribution is 0.473. The minimum atomic E-state index is 0.517. The molecule has 0 aromatic carbocycles. The maximum atomic E-state index is 4.50. The monoisotopic (exact) mass is 181 g/mol. The summed E-state index contributed by atoms with van der Waals surface area (Å²) in [4.78, 5) is 0. The third kappa shape index (κ3) is 2.84. The largest absolute Gasteiger partial charge is 0.319 e. The zero-order valence-electron chi connectivity index (χ0n) is 8.75. The van der Waals surface area contributed by atoms with E-state index in [0.717, 1.165) is 19.4 Å². The van der Waals surface area contributed by atoms with E-state index in [-0.39, 0.29) is 0 Å². The van der Waals surface area contributed by atoms with E-state index in [1.807, 2.05) is 11.7 Å². The molecular weight excluding hydrogens is 162 g/mol. The summed E-state index contributed by atoms with van der Waals surface area (Å²) in [5, 5.41) is 7.61. The fraction of sp³-hybridized carbons (Fsp3) is 0.700. The first-order chi connectivity index (χ1) is 6.27. The highest BCUT2D eigenvalue weighted by molar-refractivity contribution is 5.00. The first kappa shape index (κ1) is 10.3. The predicted octanol–water partition coefficient (Wildman–Crippen LogP) is 1.62. The van der Waals surface area contributed by atoms with Gasteiger partial charge in [0.2, 0.25) is 0 Å². The first-order valence-electron chi connectivity index (χ1n) is 4.96. The van der Waals surface area contributed by atoms with E-state index in [1.165, 1.54) is 5.69 Å². The lowest BCUT2D eigenvalue weighted by Crippen LogP contribution is -2.11. The standard InChI is InChI=1S/C10H19N3/c1-4-9(2)13-8-6-10(12-13)5-7-11-3/h6,8-9,11H,4-5,7H2,1-3H3. The number of nitrogens with zero attached hydrogens (tertiary/aromatic N) is 2. The zero-order valence-corrected chi connectivity index (χ0v) is 8.75. The molecule has 1 N–H and O–H groups in total. The van der Waals surface area contributed by atoms with Crippen molar-refractivity contribution in [1.82, 2.24) is 15.1 Å². The van der Waals surface area contributed by atoms with Crippen LogP contribution in [0.15, 0.2) is 12.3 Å². The summed E-state index contributed by atoms with van der Waals surface area (Å²) in [5.74, 6) is 0. The molecule has 0 aliphatic carbocycles. The molecule has 0 saturated heterocycles. The summed E-state index contributed by atoms with van der Waals surface area (Å²) in [5.41, 5.74) is 1.18. The highest BCUT2D eigenvalue weighted by Gasteiger charge is 2.03. The second kappa shape index (κ2) is 5.02. The third-order valence-electron chi connectivity index (χ3n) is 2.34. The predicted molar refractivity (Wildman–Crippen MR) is 54.9 cm³/mol. The van der Waals surface area contributed by atoms with Gasteiger partial charge in [-0.2, -0.15) is 5.10 Å². The van der Waals surface area contributed by atoms with Gasteiger partial charge < -0.3 is 5.32 Å². The highest BCUT2D eigenvalue weighted by atomic mass is 15.3. The first-order valence-corrected chi connectivity index (χ1v) is 4.96. The Morgan fingerprint density at radius 3 is 3.00 bits per heavy atom. The quantitative estimate of drug-likeness (QED) is 0.748. The second-order valence-corrected chi connectivity index (χ2v) is 3.40. The van der Waals surface area contributed by atoms with Crippen LogP contribution in [0.4, 0.5) is 0 Å². The van der Waals surface area contributed by atoms with Gasteiger partial charge in [-0.3, -0.25) is 4.68 Å². The normalized spacial score (nSPS) is 13.2. The molecule has 1 rings (SSSR count). The van der Waals surface area contributed by atoms with Crippen molar-refractivity contribution >= 4 is 0 Å². The molecule has 1 aromatic heterocycles. The van der Waals surface area contributed by atoms with Gasteiger partial charge in [-0.25, -0.2) is 0 Å². The van der Waals surface area contributed by atoms with E-state index in [2.05, 4.69) is 36.5 Å². The van der Waals surface area contributed by atoms with Crippen LogP contribution in [0.5, 0.6) is 0 Å². The van der Waals surface area contributed by atoms with Crippen LogP contribution in [0.1, 0.15) is 32.0 Å². The molecule has 0 fully saturated rings. The van der Waals surface area contributed by atoms with Crippen LogP contribution in [0.25, 0.3) is 0 Å². The molecule has 0 aliphatic rings. The van der Waals surface area contributed by atoms with Gasteiger partial charge in [-0.05, 0) is 26.5 Å². The molecule has 13 heavy (non-hydrogen) atoms. The van der Waals surface area contributed by atoms with Crippen LogP contribution in [-0.2, 0) is 6.42 Å². The molecular formula is C10H19N3. The van der Waals surface area contributed by atoms with E-state index in [9.17, 15) is 0 Å². The molecule has 1 unspecified atom stereocenters. The molecule has 0 bridgehead atoms. The van der Waals surface area contributed by atoms with Gasteiger partial charge in [-0.15, -0.1) is 0 Å². The van der Waals surface area contributed by atoms with E-state index in [1.54, 1.807) is 0 Å². The smallest absolute Gasteiger partial charge is 0.0637 e. The van der Waals surface area contributed by atoms with E-state index < -0.39 is 0 Å². The molecule has 1 heterocycles. The van der Waals surface area contributed by atoms with Crippen LogP contribution < -0.4 is 5.32 Å². The molecule has 1 aromatic rings. The van der Waals surface area contributed by atoms with Crippen LogP contribution >= 0.6 is 0 Å². The van der Waals surface area contributed by atoms with Crippen molar-refractivity contribution in [2.24, 2.45) is 0 Å². The number of likely N-dealkylation sites (N-methyl/N-ethyl adjacent to an activating group) is 1. The number of rotatable bonds is 5. The van der Waals surface area contributed by atoms with Gasteiger partial charge in [-0.1, -0.05) is 6.92 Å². The van der Waals surface area contributed by atoms with Crippen LogP contribution in [0.2, 0.25) is 0 Å². The molecule has 0 radical (unpaired) electrons. The SMILES string of the molecule is CCC(C)n1ccc(CCNC)n1. The number of aromatic nitrogens is 2. The zero-order chi connectivity index (χ0) is 9.68. The lowest BCUT2D eigenvalue weighted by atomic mass is 10.3. The third-order valence-corrected chi connectivity index (χ3v) is 2.34. The Morgan fingerprint density at radius 1 is 1.62 bits per heavy atom.